The fourth-order valence-electron chi connectivity index (χ4n) is 3.40. The molecular formula is C16H21N3OS. The highest BCUT2D eigenvalue weighted by Gasteiger charge is 2.26. The summed E-state index contributed by atoms with van der Waals surface area (Å²) in [5.74, 6) is 2.92. The van der Waals surface area contributed by atoms with E-state index in [1.165, 1.54) is 30.8 Å². The highest BCUT2D eigenvalue weighted by atomic mass is 32.2. The molecule has 2 fully saturated rings. The van der Waals surface area contributed by atoms with Crippen LogP contribution in [-0.2, 0) is 11.3 Å². The first-order valence-electron chi connectivity index (χ1n) is 7.92. The van der Waals surface area contributed by atoms with Crippen molar-refractivity contribution in [2.75, 3.05) is 19.0 Å². The molecule has 0 radical (unpaired) electrons. The predicted molar refractivity (Wildman–Crippen MR) is 85.8 cm³/mol. The van der Waals surface area contributed by atoms with Crippen molar-refractivity contribution in [3.8, 4) is 0 Å². The molecule has 4 heterocycles. The molecule has 112 valence electrons. The van der Waals surface area contributed by atoms with Crippen LogP contribution in [-0.4, -0.2) is 38.8 Å². The van der Waals surface area contributed by atoms with Gasteiger partial charge in [-0.05, 0) is 43.6 Å². The normalized spacial score (nSPS) is 26.5. The van der Waals surface area contributed by atoms with Crippen molar-refractivity contribution in [3.05, 3.63) is 24.2 Å². The smallest absolute Gasteiger partial charge is 0.160 e. The number of hydrogen-bond acceptors (Lipinski definition) is 4. The summed E-state index contributed by atoms with van der Waals surface area (Å²) in [6.07, 6.45) is 6.86. The highest BCUT2D eigenvalue weighted by molar-refractivity contribution is 8.00. The Kier molecular flexibility index (Phi) is 3.86. The molecule has 2 unspecified atom stereocenters. The molecule has 0 spiro atoms. The SMILES string of the molecule is c1cnc2c(c1)nc(C1CCCOC1)n2CC1CCCS1. The van der Waals surface area contributed by atoms with E-state index in [0.717, 1.165) is 37.3 Å². The molecule has 4 nitrogen and oxygen atoms in total. The lowest BCUT2D eigenvalue weighted by molar-refractivity contribution is 0.0771. The van der Waals surface area contributed by atoms with Gasteiger partial charge in [0.05, 0.1) is 6.61 Å². The van der Waals surface area contributed by atoms with Crippen molar-refractivity contribution in [3.63, 3.8) is 0 Å². The summed E-state index contributed by atoms with van der Waals surface area (Å²) in [4.78, 5) is 9.48. The van der Waals surface area contributed by atoms with E-state index in [0.29, 0.717) is 11.2 Å². The molecule has 0 N–H and O–H groups in total. The zero-order chi connectivity index (χ0) is 14.1. The van der Waals surface area contributed by atoms with Crippen molar-refractivity contribution in [2.24, 2.45) is 0 Å². The van der Waals surface area contributed by atoms with Crippen LogP contribution in [0.3, 0.4) is 0 Å². The first-order chi connectivity index (χ1) is 10.4. The van der Waals surface area contributed by atoms with Gasteiger partial charge in [0, 0.05) is 30.5 Å². The van der Waals surface area contributed by atoms with Crippen LogP contribution in [0.4, 0.5) is 0 Å². The second-order valence-electron chi connectivity index (χ2n) is 5.98. The Balaban J connectivity index is 1.72. The Morgan fingerprint density at radius 2 is 2.33 bits per heavy atom. The number of hydrogen-bond donors (Lipinski definition) is 0. The Bertz CT molecular complexity index is 615. The molecule has 2 aliphatic rings. The summed E-state index contributed by atoms with van der Waals surface area (Å²) in [6, 6.07) is 4.05. The molecule has 21 heavy (non-hydrogen) atoms. The summed E-state index contributed by atoms with van der Waals surface area (Å²) in [7, 11) is 0. The van der Waals surface area contributed by atoms with Crippen LogP contribution >= 0.6 is 11.8 Å². The fourth-order valence-corrected chi connectivity index (χ4v) is 4.66. The van der Waals surface area contributed by atoms with Crippen molar-refractivity contribution in [1.82, 2.24) is 14.5 Å². The van der Waals surface area contributed by atoms with E-state index >= 15 is 0 Å². The van der Waals surface area contributed by atoms with Gasteiger partial charge in [-0.2, -0.15) is 11.8 Å². The number of ether oxygens (including phenoxy) is 1. The monoisotopic (exact) mass is 303 g/mol. The van der Waals surface area contributed by atoms with Crippen molar-refractivity contribution in [1.29, 1.82) is 0 Å². The summed E-state index contributed by atoms with van der Waals surface area (Å²) in [6.45, 7) is 2.75. The lowest BCUT2D eigenvalue weighted by Gasteiger charge is -2.23. The lowest BCUT2D eigenvalue weighted by atomic mass is 10.0. The molecular weight excluding hydrogens is 282 g/mol. The van der Waals surface area contributed by atoms with Crippen LogP contribution < -0.4 is 0 Å². The highest BCUT2D eigenvalue weighted by Crippen LogP contribution is 2.32. The van der Waals surface area contributed by atoms with Gasteiger partial charge < -0.3 is 9.30 Å². The first kappa shape index (κ1) is 13.6. The van der Waals surface area contributed by atoms with Crippen LogP contribution in [0.25, 0.3) is 11.2 Å². The van der Waals surface area contributed by atoms with Crippen LogP contribution in [0.5, 0.6) is 0 Å². The molecule has 0 saturated carbocycles. The van der Waals surface area contributed by atoms with E-state index in [1.54, 1.807) is 0 Å². The maximum absolute atomic E-state index is 5.68. The molecule has 2 aromatic rings. The molecule has 2 saturated heterocycles. The van der Waals surface area contributed by atoms with Crippen LogP contribution in [0.2, 0.25) is 0 Å². The summed E-state index contributed by atoms with van der Waals surface area (Å²) in [5.41, 5.74) is 2.08. The molecule has 0 amide bonds. The van der Waals surface area contributed by atoms with E-state index in [9.17, 15) is 0 Å². The van der Waals surface area contributed by atoms with E-state index in [-0.39, 0.29) is 0 Å². The van der Waals surface area contributed by atoms with Gasteiger partial charge in [-0.1, -0.05) is 0 Å². The number of thioether (sulfide) groups is 1. The number of rotatable bonds is 3. The van der Waals surface area contributed by atoms with E-state index in [1.807, 2.05) is 12.3 Å². The summed E-state index contributed by atoms with van der Waals surface area (Å²) < 4.78 is 8.05. The van der Waals surface area contributed by atoms with Crippen LogP contribution in [0, 0.1) is 0 Å². The lowest BCUT2D eigenvalue weighted by Crippen LogP contribution is -2.21. The number of nitrogens with zero attached hydrogens (tertiary/aromatic N) is 3. The zero-order valence-electron chi connectivity index (χ0n) is 12.2. The number of aromatic nitrogens is 3. The standard InChI is InChI=1S/C16H21N3OS/c1-6-14-16(17-7-1)19(10-13-5-3-9-21-13)15(18-14)12-4-2-8-20-11-12/h1,6-7,12-13H,2-5,8-11H2. The number of imidazole rings is 1. The van der Waals surface area contributed by atoms with Crippen molar-refractivity contribution < 1.29 is 4.74 Å². The molecule has 2 aromatic heterocycles. The third-order valence-electron chi connectivity index (χ3n) is 4.47. The summed E-state index contributed by atoms with van der Waals surface area (Å²) in [5, 5.41) is 0.715. The minimum Gasteiger partial charge on any atom is -0.381 e. The average molecular weight is 303 g/mol. The third-order valence-corrected chi connectivity index (χ3v) is 5.85. The van der Waals surface area contributed by atoms with Crippen molar-refractivity contribution >= 4 is 22.9 Å². The van der Waals surface area contributed by atoms with Crippen LogP contribution in [0.15, 0.2) is 18.3 Å². The van der Waals surface area contributed by atoms with Gasteiger partial charge in [0.15, 0.2) is 5.65 Å². The molecule has 2 atom stereocenters. The van der Waals surface area contributed by atoms with Gasteiger partial charge >= 0.3 is 0 Å². The molecule has 4 rings (SSSR count). The van der Waals surface area contributed by atoms with Crippen LogP contribution in [0.1, 0.15) is 37.4 Å². The van der Waals surface area contributed by atoms with E-state index in [2.05, 4.69) is 27.4 Å². The third kappa shape index (κ3) is 2.69. The van der Waals surface area contributed by atoms with Gasteiger partial charge in [-0.25, -0.2) is 9.97 Å². The number of pyridine rings is 1. The number of fused-ring (bicyclic) bond motifs is 1. The first-order valence-corrected chi connectivity index (χ1v) is 8.97. The zero-order valence-corrected chi connectivity index (χ0v) is 13.0. The van der Waals surface area contributed by atoms with E-state index < -0.39 is 0 Å². The van der Waals surface area contributed by atoms with Gasteiger partial charge in [0.25, 0.3) is 0 Å². The van der Waals surface area contributed by atoms with Gasteiger partial charge in [0.2, 0.25) is 0 Å². The predicted octanol–water partition coefficient (Wildman–Crippen LogP) is 3.22. The molecule has 2 aliphatic heterocycles. The van der Waals surface area contributed by atoms with Gasteiger partial charge in [-0.15, -0.1) is 0 Å². The van der Waals surface area contributed by atoms with Gasteiger partial charge in [-0.3, -0.25) is 0 Å². The molecule has 0 aliphatic carbocycles. The Hall–Kier alpha value is -1.07. The molecule has 0 aromatic carbocycles. The largest absolute Gasteiger partial charge is 0.381 e. The van der Waals surface area contributed by atoms with Gasteiger partial charge in [0.1, 0.15) is 11.3 Å². The maximum atomic E-state index is 5.68. The van der Waals surface area contributed by atoms with Crippen molar-refractivity contribution in [2.45, 2.75) is 43.4 Å². The average Bonchev–Trinajstić information content (AvgIpc) is 3.17. The topological polar surface area (TPSA) is 39.9 Å². The minimum absolute atomic E-state index is 0.430. The Morgan fingerprint density at radius 1 is 1.33 bits per heavy atom. The summed E-state index contributed by atoms with van der Waals surface area (Å²) >= 11 is 2.10. The maximum Gasteiger partial charge on any atom is 0.160 e. The molecule has 5 heteroatoms. The molecule has 0 bridgehead atoms. The minimum atomic E-state index is 0.430. The quantitative estimate of drug-likeness (QED) is 0.873. The second kappa shape index (κ2) is 5.97. The fraction of sp³-hybridized carbons (Fsp3) is 0.625. The second-order valence-corrected chi connectivity index (χ2v) is 7.38. The van der Waals surface area contributed by atoms with E-state index in [4.69, 9.17) is 9.72 Å². The Morgan fingerprint density at radius 3 is 3.14 bits per heavy atom. The Labute approximate surface area is 129 Å².